The third kappa shape index (κ3) is 1.72. The van der Waals surface area contributed by atoms with Gasteiger partial charge in [0.05, 0.1) is 0 Å². The summed E-state index contributed by atoms with van der Waals surface area (Å²) in [5, 5.41) is 1.21. The van der Waals surface area contributed by atoms with Crippen LogP contribution in [0.5, 0.6) is 0 Å². The number of aryl methyl sites for hydroxylation is 1. The number of aromatic nitrogens is 1. The van der Waals surface area contributed by atoms with Gasteiger partial charge in [-0.05, 0) is 47.9 Å². The van der Waals surface area contributed by atoms with E-state index in [4.69, 9.17) is 0 Å². The largest absolute Gasteiger partial charge is 0.361 e. The molecule has 0 bridgehead atoms. The van der Waals surface area contributed by atoms with Crippen molar-refractivity contribution in [1.29, 1.82) is 0 Å². The van der Waals surface area contributed by atoms with E-state index < -0.39 is 0 Å². The fourth-order valence-corrected chi connectivity index (χ4v) is 2.08. The molecule has 2 heteroatoms. The molecule has 0 saturated carbocycles. The lowest BCUT2D eigenvalue weighted by Crippen LogP contribution is -1.79. The smallest absolute Gasteiger partial charge is 0.123 e. The van der Waals surface area contributed by atoms with Gasteiger partial charge in [-0.15, -0.1) is 0 Å². The minimum Gasteiger partial charge on any atom is -0.361 e. The van der Waals surface area contributed by atoms with E-state index in [0.29, 0.717) is 0 Å². The van der Waals surface area contributed by atoms with Crippen molar-refractivity contribution >= 4 is 10.9 Å². The van der Waals surface area contributed by atoms with Crippen LogP contribution in [0.4, 0.5) is 4.39 Å². The van der Waals surface area contributed by atoms with Crippen LogP contribution < -0.4 is 0 Å². The highest BCUT2D eigenvalue weighted by molar-refractivity contribution is 5.87. The highest BCUT2D eigenvalue weighted by atomic mass is 19.1. The number of hydrogen-bond acceptors (Lipinski definition) is 0. The SMILES string of the molecule is Cc1c[nH]c2ccc(-c3ccc(F)cc3)cc12. The number of H-pyrrole nitrogens is 1. The second-order valence-corrected chi connectivity index (χ2v) is 4.24. The van der Waals surface area contributed by atoms with Crippen LogP contribution in [0.3, 0.4) is 0 Å². The van der Waals surface area contributed by atoms with Crippen LogP contribution in [-0.2, 0) is 0 Å². The summed E-state index contributed by atoms with van der Waals surface area (Å²) < 4.78 is 12.9. The van der Waals surface area contributed by atoms with E-state index >= 15 is 0 Å². The average molecular weight is 225 g/mol. The molecule has 0 aliphatic carbocycles. The van der Waals surface area contributed by atoms with Gasteiger partial charge in [-0.3, -0.25) is 0 Å². The molecular weight excluding hydrogens is 213 g/mol. The fraction of sp³-hybridized carbons (Fsp3) is 0.0667. The van der Waals surface area contributed by atoms with Crippen molar-refractivity contribution in [3.8, 4) is 11.1 Å². The highest BCUT2D eigenvalue weighted by Gasteiger charge is 2.03. The van der Waals surface area contributed by atoms with Gasteiger partial charge >= 0.3 is 0 Å². The van der Waals surface area contributed by atoms with Gasteiger partial charge in [0.15, 0.2) is 0 Å². The van der Waals surface area contributed by atoms with E-state index in [1.807, 2.05) is 12.3 Å². The van der Waals surface area contributed by atoms with Crippen molar-refractivity contribution < 1.29 is 4.39 Å². The first-order valence-electron chi connectivity index (χ1n) is 5.58. The zero-order chi connectivity index (χ0) is 11.8. The number of rotatable bonds is 1. The zero-order valence-electron chi connectivity index (χ0n) is 9.50. The molecule has 0 amide bonds. The van der Waals surface area contributed by atoms with Crippen molar-refractivity contribution in [2.75, 3.05) is 0 Å². The number of aromatic amines is 1. The molecule has 2 aromatic carbocycles. The molecule has 0 saturated heterocycles. The Morgan fingerprint density at radius 3 is 2.41 bits per heavy atom. The second kappa shape index (κ2) is 3.74. The summed E-state index contributed by atoms with van der Waals surface area (Å²) in [7, 11) is 0. The maximum absolute atomic E-state index is 12.9. The summed E-state index contributed by atoms with van der Waals surface area (Å²) in [6.07, 6.45) is 2.00. The minimum absolute atomic E-state index is 0.201. The third-order valence-electron chi connectivity index (χ3n) is 3.07. The van der Waals surface area contributed by atoms with E-state index in [-0.39, 0.29) is 5.82 Å². The van der Waals surface area contributed by atoms with Gasteiger partial charge in [0.1, 0.15) is 5.82 Å². The molecule has 0 fully saturated rings. The van der Waals surface area contributed by atoms with Crippen LogP contribution in [0.2, 0.25) is 0 Å². The Balaban J connectivity index is 2.17. The first kappa shape index (κ1) is 10.1. The van der Waals surface area contributed by atoms with Gasteiger partial charge < -0.3 is 4.98 Å². The van der Waals surface area contributed by atoms with E-state index in [0.717, 1.165) is 16.6 Å². The highest BCUT2D eigenvalue weighted by Crippen LogP contribution is 2.26. The molecule has 0 radical (unpaired) electrons. The van der Waals surface area contributed by atoms with Crippen LogP contribution in [0.1, 0.15) is 5.56 Å². The Kier molecular flexibility index (Phi) is 2.22. The van der Waals surface area contributed by atoms with E-state index in [1.165, 1.54) is 23.1 Å². The van der Waals surface area contributed by atoms with Gasteiger partial charge in [-0.25, -0.2) is 4.39 Å². The Hall–Kier alpha value is -2.09. The van der Waals surface area contributed by atoms with Crippen LogP contribution in [0, 0.1) is 12.7 Å². The molecular formula is C15H12FN. The van der Waals surface area contributed by atoms with E-state index in [1.54, 1.807) is 12.1 Å². The Morgan fingerprint density at radius 2 is 1.65 bits per heavy atom. The van der Waals surface area contributed by atoms with Gasteiger partial charge in [-0.2, -0.15) is 0 Å². The molecule has 1 N–H and O–H groups in total. The van der Waals surface area contributed by atoms with Gasteiger partial charge in [0, 0.05) is 17.1 Å². The lowest BCUT2D eigenvalue weighted by Gasteiger charge is -2.02. The minimum atomic E-state index is -0.201. The first-order valence-corrected chi connectivity index (χ1v) is 5.58. The lowest BCUT2D eigenvalue weighted by molar-refractivity contribution is 0.628. The molecule has 0 spiro atoms. The summed E-state index contributed by atoms with van der Waals surface area (Å²) in [6, 6.07) is 12.8. The normalized spacial score (nSPS) is 10.9. The standard InChI is InChI=1S/C15H12FN/c1-10-9-17-15-7-4-12(8-14(10)15)11-2-5-13(16)6-3-11/h2-9,17H,1H3. The first-order chi connectivity index (χ1) is 8.24. The van der Waals surface area contributed by atoms with Crippen LogP contribution in [-0.4, -0.2) is 4.98 Å². The molecule has 1 nitrogen and oxygen atoms in total. The molecule has 0 unspecified atom stereocenters. The molecule has 1 heterocycles. The van der Waals surface area contributed by atoms with Crippen LogP contribution in [0.15, 0.2) is 48.7 Å². The summed E-state index contributed by atoms with van der Waals surface area (Å²) in [5.74, 6) is -0.201. The zero-order valence-corrected chi connectivity index (χ0v) is 9.50. The number of fused-ring (bicyclic) bond motifs is 1. The van der Waals surface area contributed by atoms with Crippen molar-refractivity contribution in [2.24, 2.45) is 0 Å². The molecule has 84 valence electrons. The van der Waals surface area contributed by atoms with Crippen molar-refractivity contribution in [3.05, 3.63) is 60.0 Å². The maximum Gasteiger partial charge on any atom is 0.123 e. The Bertz CT molecular complexity index is 665. The predicted octanol–water partition coefficient (Wildman–Crippen LogP) is 4.28. The van der Waals surface area contributed by atoms with E-state index in [2.05, 4.69) is 24.0 Å². The summed E-state index contributed by atoms with van der Waals surface area (Å²) in [6.45, 7) is 2.08. The third-order valence-corrected chi connectivity index (χ3v) is 3.07. The fourth-order valence-electron chi connectivity index (χ4n) is 2.08. The van der Waals surface area contributed by atoms with Gasteiger partial charge in [0.25, 0.3) is 0 Å². The number of halogens is 1. The van der Waals surface area contributed by atoms with Crippen LogP contribution >= 0.6 is 0 Å². The van der Waals surface area contributed by atoms with Crippen LogP contribution in [0.25, 0.3) is 22.0 Å². The molecule has 3 aromatic rings. The molecule has 1 aromatic heterocycles. The number of benzene rings is 2. The number of hydrogen-bond donors (Lipinski definition) is 1. The maximum atomic E-state index is 12.9. The lowest BCUT2D eigenvalue weighted by atomic mass is 10.0. The summed E-state index contributed by atoms with van der Waals surface area (Å²) >= 11 is 0. The molecule has 0 aliphatic heterocycles. The molecule has 3 rings (SSSR count). The van der Waals surface area contributed by atoms with Gasteiger partial charge in [-0.1, -0.05) is 18.2 Å². The molecule has 0 atom stereocenters. The predicted molar refractivity (Wildman–Crippen MR) is 68.4 cm³/mol. The second-order valence-electron chi connectivity index (χ2n) is 4.24. The van der Waals surface area contributed by atoms with Crippen molar-refractivity contribution in [3.63, 3.8) is 0 Å². The topological polar surface area (TPSA) is 15.8 Å². The Labute approximate surface area is 98.9 Å². The monoisotopic (exact) mass is 225 g/mol. The van der Waals surface area contributed by atoms with Crippen molar-refractivity contribution in [2.45, 2.75) is 6.92 Å². The number of nitrogens with one attached hydrogen (secondary N) is 1. The van der Waals surface area contributed by atoms with Gasteiger partial charge in [0.2, 0.25) is 0 Å². The molecule has 0 aliphatic rings. The summed E-state index contributed by atoms with van der Waals surface area (Å²) in [5.41, 5.74) is 4.51. The van der Waals surface area contributed by atoms with E-state index in [9.17, 15) is 4.39 Å². The average Bonchev–Trinajstić information content (AvgIpc) is 2.72. The van der Waals surface area contributed by atoms with Crippen molar-refractivity contribution in [1.82, 2.24) is 4.98 Å². The Morgan fingerprint density at radius 1 is 0.941 bits per heavy atom. The quantitative estimate of drug-likeness (QED) is 0.636. The summed E-state index contributed by atoms with van der Waals surface area (Å²) in [4.78, 5) is 3.22. The molecule has 17 heavy (non-hydrogen) atoms.